The van der Waals surface area contributed by atoms with E-state index < -0.39 is 0 Å². The number of nitrogens with zero attached hydrogens (tertiary/aromatic N) is 4. The second kappa shape index (κ2) is 8.05. The molecular formula is C20H22ClN5OS. The fourth-order valence-electron chi connectivity index (χ4n) is 3.64. The van der Waals surface area contributed by atoms with Crippen molar-refractivity contribution in [3.05, 3.63) is 60.4 Å². The van der Waals surface area contributed by atoms with Crippen LogP contribution in [-0.4, -0.2) is 39.1 Å². The molecule has 0 bridgehead atoms. The Morgan fingerprint density at radius 1 is 1.25 bits per heavy atom. The van der Waals surface area contributed by atoms with Crippen molar-refractivity contribution >= 4 is 34.0 Å². The van der Waals surface area contributed by atoms with Crippen LogP contribution in [0.25, 0.3) is 21.0 Å². The summed E-state index contributed by atoms with van der Waals surface area (Å²) in [6.45, 7) is 3.61. The predicted octanol–water partition coefficient (Wildman–Crippen LogP) is 3.86. The fraction of sp³-hybridized carbons (Fsp3) is 0.300. The maximum Gasteiger partial charge on any atom is 0.163 e. The summed E-state index contributed by atoms with van der Waals surface area (Å²) in [7, 11) is 2.05. The average Bonchev–Trinajstić information content (AvgIpc) is 3.41. The first kappa shape index (κ1) is 19.1. The second-order valence-electron chi connectivity index (χ2n) is 6.84. The Labute approximate surface area is 173 Å². The molecule has 0 radical (unpaired) electrons. The molecular weight excluding hydrogens is 394 g/mol. The monoisotopic (exact) mass is 415 g/mol. The van der Waals surface area contributed by atoms with Crippen molar-refractivity contribution in [2.75, 3.05) is 19.6 Å². The minimum absolute atomic E-state index is 0. The summed E-state index contributed by atoms with van der Waals surface area (Å²) in [4.78, 5) is 11.7. The molecule has 1 aliphatic heterocycles. The van der Waals surface area contributed by atoms with Crippen LogP contribution in [0.2, 0.25) is 0 Å². The van der Waals surface area contributed by atoms with E-state index in [9.17, 15) is 0 Å². The number of benzene rings is 1. The molecule has 1 atom stereocenters. The Morgan fingerprint density at radius 3 is 2.96 bits per heavy atom. The highest BCUT2D eigenvalue weighted by Gasteiger charge is 2.27. The van der Waals surface area contributed by atoms with Gasteiger partial charge in [0.25, 0.3) is 0 Å². The van der Waals surface area contributed by atoms with Crippen LogP contribution in [0.3, 0.4) is 0 Å². The molecule has 5 rings (SSSR count). The molecule has 28 heavy (non-hydrogen) atoms. The van der Waals surface area contributed by atoms with E-state index in [0.29, 0.717) is 0 Å². The Kier molecular flexibility index (Phi) is 5.50. The molecule has 0 saturated carbocycles. The van der Waals surface area contributed by atoms with Crippen LogP contribution in [0.1, 0.15) is 17.6 Å². The van der Waals surface area contributed by atoms with Crippen LogP contribution >= 0.6 is 23.7 Å². The summed E-state index contributed by atoms with van der Waals surface area (Å²) in [6, 6.07) is 12.5. The van der Waals surface area contributed by atoms with E-state index in [-0.39, 0.29) is 18.4 Å². The topological polar surface area (TPSA) is 59.1 Å². The van der Waals surface area contributed by atoms with Gasteiger partial charge in [-0.2, -0.15) is 0 Å². The zero-order valence-electron chi connectivity index (χ0n) is 15.5. The first-order chi connectivity index (χ1) is 13.3. The van der Waals surface area contributed by atoms with Crippen molar-refractivity contribution in [2.45, 2.75) is 12.6 Å². The molecule has 4 aromatic rings. The van der Waals surface area contributed by atoms with Gasteiger partial charge in [-0.25, -0.2) is 9.97 Å². The molecule has 0 amide bonds. The number of thiazole rings is 1. The number of rotatable bonds is 4. The number of imidazole rings is 1. The van der Waals surface area contributed by atoms with Crippen molar-refractivity contribution in [3.8, 4) is 10.8 Å². The first-order valence-electron chi connectivity index (χ1n) is 9.14. The van der Waals surface area contributed by atoms with E-state index in [1.807, 2.05) is 43.7 Å². The van der Waals surface area contributed by atoms with E-state index in [0.717, 1.165) is 54.0 Å². The number of fused-ring (bicyclic) bond motifs is 1. The minimum Gasteiger partial charge on any atom is -0.457 e. The number of hydrogen-bond acceptors (Lipinski definition) is 6. The third kappa shape index (κ3) is 3.58. The van der Waals surface area contributed by atoms with Gasteiger partial charge in [0.15, 0.2) is 10.8 Å². The van der Waals surface area contributed by atoms with Gasteiger partial charge in [0, 0.05) is 39.1 Å². The van der Waals surface area contributed by atoms with Crippen LogP contribution in [0.15, 0.2) is 53.2 Å². The van der Waals surface area contributed by atoms with Gasteiger partial charge >= 0.3 is 0 Å². The Balaban J connectivity index is 0.00000192. The molecule has 1 fully saturated rings. The second-order valence-corrected chi connectivity index (χ2v) is 7.87. The summed E-state index contributed by atoms with van der Waals surface area (Å²) in [5.74, 6) is 2.89. The van der Waals surface area contributed by atoms with Crippen LogP contribution in [0.4, 0.5) is 0 Å². The van der Waals surface area contributed by atoms with Crippen molar-refractivity contribution in [2.24, 2.45) is 7.05 Å². The zero-order valence-corrected chi connectivity index (χ0v) is 17.2. The van der Waals surface area contributed by atoms with E-state index in [2.05, 4.69) is 31.9 Å². The first-order valence-corrected chi connectivity index (χ1v) is 9.96. The molecule has 0 aliphatic carbocycles. The zero-order chi connectivity index (χ0) is 18.2. The number of hydrogen-bond donors (Lipinski definition) is 1. The predicted molar refractivity (Wildman–Crippen MR) is 114 cm³/mol. The van der Waals surface area contributed by atoms with E-state index in [1.165, 1.54) is 4.70 Å². The number of nitrogens with one attached hydrogen (secondary N) is 1. The number of aryl methyl sites for hydroxylation is 1. The molecule has 6 nitrogen and oxygen atoms in total. The van der Waals surface area contributed by atoms with Crippen LogP contribution in [-0.2, 0) is 13.6 Å². The highest BCUT2D eigenvalue weighted by Crippen LogP contribution is 2.32. The molecule has 1 aliphatic rings. The smallest absolute Gasteiger partial charge is 0.163 e. The van der Waals surface area contributed by atoms with E-state index in [1.54, 1.807) is 11.3 Å². The molecule has 4 heterocycles. The largest absolute Gasteiger partial charge is 0.457 e. The van der Waals surface area contributed by atoms with Gasteiger partial charge in [-0.3, -0.25) is 4.90 Å². The lowest BCUT2D eigenvalue weighted by molar-refractivity contribution is 0.135. The van der Waals surface area contributed by atoms with Crippen molar-refractivity contribution in [1.82, 2.24) is 24.8 Å². The van der Waals surface area contributed by atoms with E-state index >= 15 is 0 Å². The van der Waals surface area contributed by atoms with Gasteiger partial charge in [-0.1, -0.05) is 12.1 Å². The molecule has 0 spiro atoms. The number of aromatic nitrogens is 3. The van der Waals surface area contributed by atoms with Gasteiger partial charge in [0.05, 0.1) is 22.8 Å². The molecule has 1 saturated heterocycles. The third-order valence-corrected chi connectivity index (χ3v) is 6.09. The molecule has 146 valence electrons. The lowest BCUT2D eigenvalue weighted by atomic mass is 10.1. The highest BCUT2D eigenvalue weighted by molar-refractivity contribution is 7.21. The maximum atomic E-state index is 6.16. The van der Waals surface area contributed by atoms with Gasteiger partial charge in [-0.05, 0) is 24.3 Å². The van der Waals surface area contributed by atoms with Gasteiger partial charge in [0.1, 0.15) is 11.6 Å². The lowest BCUT2D eigenvalue weighted by Crippen LogP contribution is -2.46. The normalized spacial score (nSPS) is 17.7. The third-order valence-electron chi connectivity index (χ3n) is 5.04. The Morgan fingerprint density at radius 2 is 2.14 bits per heavy atom. The number of para-hydroxylation sites is 1. The quantitative estimate of drug-likeness (QED) is 0.548. The average molecular weight is 416 g/mol. The summed E-state index contributed by atoms with van der Waals surface area (Å²) < 4.78 is 9.44. The van der Waals surface area contributed by atoms with Crippen LogP contribution < -0.4 is 5.32 Å². The Bertz CT molecular complexity index is 1040. The van der Waals surface area contributed by atoms with Crippen molar-refractivity contribution in [3.63, 3.8) is 0 Å². The van der Waals surface area contributed by atoms with Crippen LogP contribution in [0.5, 0.6) is 0 Å². The summed E-state index contributed by atoms with van der Waals surface area (Å²) >= 11 is 1.67. The number of furan rings is 1. The maximum absolute atomic E-state index is 6.16. The van der Waals surface area contributed by atoms with Gasteiger partial charge in [0.2, 0.25) is 0 Å². The molecule has 3 aromatic heterocycles. The highest BCUT2D eigenvalue weighted by atomic mass is 35.5. The van der Waals surface area contributed by atoms with E-state index in [4.69, 9.17) is 9.40 Å². The van der Waals surface area contributed by atoms with Gasteiger partial charge < -0.3 is 14.3 Å². The number of halogens is 1. The van der Waals surface area contributed by atoms with Crippen molar-refractivity contribution < 1.29 is 4.42 Å². The Hall–Kier alpha value is -2.19. The fourth-order valence-corrected chi connectivity index (χ4v) is 4.57. The molecule has 1 unspecified atom stereocenters. The van der Waals surface area contributed by atoms with Crippen LogP contribution in [0, 0.1) is 0 Å². The standard InChI is InChI=1S/C20H21N5OS.ClH/c1-24-10-9-22-19(24)16-12-21-8-11-25(16)13-14-6-7-17(26-14)20-23-15-4-2-3-5-18(15)27-20;/h2-7,9-10,16,21H,8,11-13H2,1H3;1H. The SMILES string of the molecule is Cl.Cn1ccnc1C1CNCCN1Cc1ccc(-c2nc3ccccc3s2)o1. The molecule has 8 heteroatoms. The lowest BCUT2D eigenvalue weighted by Gasteiger charge is -2.35. The minimum atomic E-state index is 0. The molecule has 1 aromatic carbocycles. The number of piperazine rings is 1. The molecule has 1 N–H and O–H groups in total. The summed E-state index contributed by atoms with van der Waals surface area (Å²) in [5, 5.41) is 4.41. The van der Waals surface area contributed by atoms with Gasteiger partial charge in [-0.15, -0.1) is 23.7 Å². The van der Waals surface area contributed by atoms with Crippen molar-refractivity contribution in [1.29, 1.82) is 0 Å². The summed E-state index contributed by atoms with van der Waals surface area (Å²) in [5.41, 5.74) is 1.02. The summed E-state index contributed by atoms with van der Waals surface area (Å²) in [6.07, 6.45) is 3.86.